The molecule has 1 aliphatic rings. The summed E-state index contributed by atoms with van der Waals surface area (Å²) in [5.41, 5.74) is 0. The molecule has 1 heterocycles. The molecule has 1 amide bonds. The summed E-state index contributed by atoms with van der Waals surface area (Å²) >= 11 is 0. The maximum absolute atomic E-state index is 11.8. The summed E-state index contributed by atoms with van der Waals surface area (Å²) in [6, 6.07) is 0. The molecule has 1 fully saturated rings. The largest absolute Gasteiger partial charge is 0.365 e. The molecule has 0 radical (unpaired) electrons. The van der Waals surface area contributed by atoms with Gasteiger partial charge in [0.15, 0.2) is 0 Å². The monoisotopic (exact) mass is 185 g/mol. The van der Waals surface area contributed by atoms with Crippen molar-refractivity contribution in [2.45, 2.75) is 45.8 Å². The highest BCUT2D eigenvalue weighted by Gasteiger charge is 2.30. The highest BCUT2D eigenvalue weighted by molar-refractivity contribution is 5.81. The Balaban J connectivity index is 2.47. The standard InChI is InChI=1S/C10H19NO2/c1-4-11(5-2)10(12)9-7-6-8(3)13-9/h8-9H,4-7H2,1-3H3. The number of rotatable bonds is 3. The van der Waals surface area contributed by atoms with E-state index in [9.17, 15) is 4.79 Å². The van der Waals surface area contributed by atoms with Gasteiger partial charge in [-0.25, -0.2) is 0 Å². The van der Waals surface area contributed by atoms with Crippen LogP contribution in [0.15, 0.2) is 0 Å². The van der Waals surface area contributed by atoms with Crippen LogP contribution in [0.4, 0.5) is 0 Å². The van der Waals surface area contributed by atoms with Crippen LogP contribution >= 0.6 is 0 Å². The number of likely N-dealkylation sites (N-methyl/N-ethyl adjacent to an activating group) is 1. The number of carbonyl (C=O) groups excluding carboxylic acids is 1. The number of amides is 1. The van der Waals surface area contributed by atoms with E-state index >= 15 is 0 Å². The van der Waals surface area contributed by atoms with Gasteiger partial charge in [0.2, 0.25) is 0 Å². The lowest BCUT2D eigenvalue weighted by atomic mass is 10.2. The van der Waals surface area contributed by atoms with Gasteiger partial charge in [0.25, 0.3) is 5.91 Å². The van der Waals surface area contributed by atoms with Crippen LogP contribution in [-0.2, 0) is 9.53 Å². The fourth-order valence-electron chi connectivity index (χ4n) is 1.72. The molecule has 0 N–H and O–H groups in total. The first kappa shape index (κ1) is 10.5. The van der Waals surface area contributed by atoms with Gasteiger partial charge in [0.05, 0.1) is 6.10 Å². The number of hydrogen-bond donors (Lipinski definition) is 0. The third-order valence-corrected chi connectivity index (χ3v) is 2.58. The predicted octanol–water partition coefficient (Wildman–Crippen LogP) is 1.42. The van der Waals surface area contributed by atoms with Crippen molar-refractivity contribution >= 4 is 5.91 Å². The lowest BCUT2D eigenvalue weighted by Gasteiger charge is -2.22. The summed E-state index contributed by atoms with van der Waals surface area (Å²) in [6.45, 7) is 7.59. The van der Waals surface area contributed by atoms with Gasteiger partial charge >= 0.3 is 0 Å². The molecule has 76 valence electrons. The van der Waals surface area contributed by atoms with Crippen LogP contribution in [0.3, 0.4) is 0 Å². The Morgan fingerprint density at radius 3 is 2.38 bits per heavy atom. The van der Waals surface area contributed by atoms with Crippen LogP contribution in [0.25, 0.3) is 0 Å². The lowest BCUT2D eigenvalue weighted by molar-refractivity contribution is -0.142. The third-order valence-electron chi connectivity index (χ3n) is 2.58. The Kier molecular flexibility index (Phi) is 3.72. The van der Waals surface area contributed by atoms with E-state index in [4.69, 9.17) is 4.74 Å². The first-order valence-corrected chi connectivity index (χ1v) is 5.13. The molecule has 0 aliphatic carbocycles. The zero-order valence-corrected chi connectivity index (χ0v) is 8.75. The second-order valence-corrected chi connectivity index (χ2v) is 3.52. The average Bonchev–Trinajstić information content (AvgIpc) is 2.54. The lowest BCUT2D eigenvalue weighted by Crippen LogP contribution is -2.38. The van der Waals surface area contributed by atoms with Crippen molar-refractivity contribution in [1.82, 2.24) is 4.90 Å². The summed E-state index contributed by atoms with van der Waals surface area (Å²) in [7, 11) is 0. The van der Waals surface area contributed by atoms with Gasteiger partial charge < -0.3 is 9.64 Å². The Bertz CT molecular complexity index is 178. The fourth-order valence-corrected chi connectivity index (χ4v) is 1.72. The Labute approximate surface area is 80.1 Å². The number of nitrogens with zero attached hydrogens (tertiary/aromatic N) is 1. The maximum atomic E-state index is 11.8. The molecule has 0 aromatic carbocycles. The molecule has 3 nitrogen and oxygen atoms in total. The quantitative estimate of drug-likeness (QED) is 0.665. The van der Waals surface area contributed by atoms with Gasteiger partial charge in [0.1, 0.15) is 6.10 Å². The number of ether oxygens (including phenoxy) is 1. The Morgan fingerprint density at radius 1 is 1.38 bits per heavy atom. The molecule has 0 bridgehead atoms. The SMILES string of the molecule is CCN(CC)C(=O)C1CCC(C)O1. The van der Waals surface area contributed by atoms with Crippen molar-refractivity contribution < 1.29 is 9.53 Å². The van der Waals surface area contributed by atoms with E-state index in [0.717, 1.165) is 25.9 Å². The highest BCUT2D eigenvalue weighted by Crippen LogP contribution is 2.20. The van der Waals surface area contributed by atoms with Gasteiger partial charge in [-0.3, -0.25) is 4.79 Å². The van der Waals surface area contributed by atoms with Gasteiger partial charge in [-0.05, 0) is 33.6 Å². The molecule has 13 heavy (non-hydrogen) atoms. The molecule has 0 spiro atoms. The predicted molar refractivity (Wildman–Crippen MR) is 51.5 cm³/mol. The van der Waals surface area contributed by atoms with Gasteiger partial charge in [0, 0.05) is 13.1 Å². The normalized spacial score (nSPS) is 27.6. The zero-order chi connectivity index (χ0) is 9.84. The van der Waals surface area contributed by atoms with E-state index in [-0.39, 0.29) is 18.1 Å². The molecule has 1 aliphatic heterocycles. The highest BCUT2D eigenvalue weighted by atomic mass is 16.5. The van der Waals surface area contributed by atoms with Crippen molar-refractivity contribution in [2.24, 2.45) is 0 Å². The van der Waals surface area contributed by atoms with Crippen LogP contribution in [0, 0.1) is 0 Å². The minimum atomic E-state index is -0.171. The molecule has 1 rings (SSSR count). The average molecular weight is 185 g/mol. The second-order valence-electron chi connectivity index (χ2n) is 3.52. The van der Waals surface area contributed by atoms with Gasteiger partial charge in [-0.2, -0.15) is 0 Å². The molecule has 1 saturated heterocycles. The van der Waals surface area contributed by atoms with Crippen LogP contribution in [0.5, 0.6) is 0 Å². The van der Waals surface area contributed by atoms with E-state index in [1.807, 2.05) is 25.7 Å². The number of hydrogen-bond acceptors (Lipinski definition) is 2. The maximum Gasteiger partial charge on any atom is 0.251 e. The molecule has 0 aromatic heterocycles. The van der Waals surface area contributed by atoms with Crippen molar-refractivity contribution in [3.05, 3.63) is 0 Å². The summed E-state index contributed by atoms with van der Waals surface area (Å²) in [5.74, 6) is 0.161. The van der Waals surface area contributed by atoms with Gasteiger partial charge in [-0.15, -0.1) is 0 Å². The summed E-state index contributed by atoms with van der Waals surface area (Å²) in [6.07, 6.45) is 1.98. The summed E-state index contributed by atoms with van der Waals surface area (Å²) in [5, 5.41) is 0. The first-order chi connectivity index (χ1) is 6.19. The van der Waals surface area contributed by atoms with Crippen LogP contribution in [0.1, 0.15) is 33.6 Å². The van der Waals surface area contributed by atoms with Gasteiger partial charge in [-0.1, -0.05) is 0 Å². The van der Waals surface area contributed by atoms with Crippen molar-refractivity contribution in [3.63, 3.8) is 0 Å². The van der Waals surface area contributed by atoms with E-state index in [2.05, 4.69) is 0 Å². The molecule has 3 heteroatoms. The summed E-state index contributed by atoms with van der Waals surface area (Å²) < 4.78 is 5.52. The van der Waals surface area contributed by atoms with E-state index in [1.165, 1.54) is 0 Å². The van der Waals surface area contributed by atoms with Crippen molar-refractivity contribution in [3.8, 4) is 0 Å². The molecule has 2 unspecified atom stereocenters. The fraction of sp³-hybridized carbons (Fsp3) is 0.900. The van der Waals surface area contributed by atoms with E-state index in [1.54, 1.807) is 0 Å². The third kappa shape index (κ3) is 2.44. The smallest absolute Gasteiger partial charge is 0.251 e. The molecule has 0 aromatic rings. The van der Waals surface area contributed by atoms with E-state index < -0.39 is 0 Å². The van der Waals surface area contributed by atoms with Crippen LogP contribution in [-0.4, -0.2) is 36.1 Å². The Morgan fingerprint density at radius 2 is 2.00 bits per heavy atom. The Hall–Kier alpha value is -0.570. The number of carbonyl (C=O) groups is 1. The van der Waals surface area contributed by atoms with Crippen LogP contribution in [0.2, 0.25) is 0 Å². The summed E-state index contributed by atoms with van der Waals surface area (Å²) in [4.78, 5) is 13.6. The zero-order valence-electron chi connectivity index (χ0n) is 8.75. The topological polar surface area (TPSA) is 29.5 Å². The first-order valence-electron chi connectivity index (χ1n) is 5.13. The molecule has 0 saturated carbocycles. The minimum Gasteiger partial charge on any atom is -0.365 e. The molecular weight excluding hydrogens is 166 g/mol. The van der Waals surface area contributed by atoms with Crippen molar-refractivity contribution in [1.29, 1.82) is 0 Å². The van der Waals surface area contributed by atoms with Crippen LogP contribution < -0.4 is 0 Å². The van der Waals surface area contributed by atoms with E-state index in [0.29, 0.717) is 0 Å². The second kappa shape index (κ2) is 4.61. The minimum absolute atomic E-state index is 0.161. The van der Waals surface area contributed by atoms with Crippen molar-refractivity contribution in [2.75, 3.05) is 13.1 Å². The molecule has 2 atom stereocenters. The molecular formula is C10H19NO2.